The third-order valence-corrected chi connectivity index (χ3v) is 1.89. The summed E-state index contributed by atoms with van der Waals surface area (Å²) in [6.45, 7) is 1.88. The highest BCUT2D eigenvalue weighted by atomic mass is 16.6. The summed E-state index contributed by atoms with van der Waals surface area (Å²) in [6, 6.07) is 4.23. The van der Waals surface area contributed by atoms with Crippen LogP contribution in [0, 0.1) is 16.5 Å². The first kappa shape index (κ1) is 14.6. The Bertz CT molecular complexity index is 501. The maximum Gasteiger partial charge on any atom is 0.365 e. The maximum atomic E-state index is 11.2. The number of carbonyl (C=O) groups is 1. The van der Waals surface area contributed by atoms with Crippen LogP contribution in [0.15, 0.2) is 23.2 Å². The predicted molar refractivity (Wildman–Crippen MR) is 67.7 cm³/mol. The van der Waals surface area contributed by atoms with Crippen LogP contribution in [0.5, 0.6) is 0 Å². The summed E-state index contributed by atoms with van der Waals surface area (Å²) in [5, 5.41) is 13.2. The molecule has 0 unspecified atom stereocenters. The normalized spacial score (nSPS) is 10.9. The molecule has 0 spiro atoms. The minimum atomic E-state index is -0.680. The number of ether oxygens (including phenoxy) is 1. The fourth-order valence-electron chi connectivity index (χ4n) is 1.12. The molecular weight excluding hydrogens is 252 g/mol. The highest BCUT2D eigenvalue weighted by molar-refractivity contribution is 6.14. The van der Waals surface area contributed by atoms with Gasteiger partial charge in [0.15, 0.2) is 6.42 Å². The molecule has 0 atom stereocenters. The Morgan fingerprint density at radius 3 is 2.95 bits per heavy atom. The Labute approximate surface area is 109 Å². The molecule has 0 saturated heterocycles. The molecule has 0 aliphatic heterocycles. The van der Waals surface area contributed by atoms with Crippen molar-refractivity contribution in [2.24, 2.45) is 4.99 Å². The number of hydrogen-bond acceptors (Lipinski definition) is 6. The summed E-state index contributed by atoms with van der Waals surface area (Å²) in [7, 11) is 1.44. The van der Waals surface area contributed by atoms with Crippen molar-refractivity contribution in [2.45, 2.75) is 6.92 Å². The Morgan fingerprint density at radius 1 is 1.63 bits per heavy atom. The van der Waals surface area contributed by atoms with Crippen molar-refractivity contribution in [3.63, 3.8) is 0 Å². The molecule has 2 radical (unpaired) electrons. The number of carbonyl (C=O) groups excluding carboxylic acids is 1. The molecule has 0 bridgehead atoms. The molecule has 0 aromatic carbocycles. The van der Waals surface area contributed by atoms with Gasteiger partial charge in [-0.2, -0.15) is 0 Å². The molecule has 0 saturated carbocycles. The van der Waals surface area contributed by atoms with Crippen molar-refractivity contribution in [3.05, 3.63) is 34.7 Å². The summed E-state index contributed by atoms with van der Waals surface area (Å²) in [4.78, 5) is 28.6. The molecule has 0 aliphatic rings. The van der Waals surface area contributed by atoms with Crippen molar-refractivity contribution in [3.8, 4) is 0 Å². The van der Waals surface area contributed by atoms with Crippen LogP contribution in [0.4, 0.5) is 11.6 Å². The number of pyridine rings is 1. The number of nitrogens with zero attached hydrogens (tertiary/aromatic N) is 3. The SMILES string of the molecule is CCOC(=O)[C]C(=NC)Nc1cccc([N+](=O)[O-])n1. The summed E-state index contributed by atoms with van der Waals surface area (Å²) >= 11 is 0. The highest BCUT2D eigenvalue weighted by Crippen LogP contribution is 2.11. The molecule has 0 amide bonds. The van der Waals surface area contributed by atoms with Crippen LogP contribution in [-0.4, -0.2) is 35.4 Å². The van der Waals surface area contributed by atoms with E-state index in [2.05, 4.69) is 26.5 Å². The van der Waals surface area contributed by atoms with Crippen LogP contribution >= 0.6 is 0 Å². The van der Waals surface area contributed by atoms with E-state index in [0.29, 0.717) is 0 Å². The summed E-state index contributed by atoms with van der Waals surface area (Å²) in [6.07, 6.45) is 2.33. The second kappa shape index (κ2) is 7.04. The van der Waals surface area contributed by atoms with Crippen LogP contribution in [0.1, 0.15) is 6.92 Å². The number of aromatic nitrogens is 1. The van der Waals surface area contributed by atoms with E-state index in [-0.39, 0.29) is 24.1 Å². The zero-order valence-corrected chi connectivity index (χ0v) is 10.4. The zero-order valence-electron chi connectivity index (χ0n) is 10.4. The van der Waals surface area contributed by atoms with E-state index >= 15 is 0 Å². The van der Waals surface area contributed by atoms with Gasteiger partial charge < -0.3 is 20.2 Å². The summed E-state index contributed by atoms with van der Waals surface area (Å²) in [5.74, 6) is -0.726. The third kappa shape index (κ3) is 4.70. The molecule has 1 N–H and O–H groups in total. The molecule has 100 valence electrons. The fraction of sp³-hybridized carbons (Fsp3) is 0.273. The topological polar surface area (TPSA) is 107 Å². The first-order valence-electron chi connectivity index (χ1n) is 5.35. The van der Waals surface area contributed by atoms with Crippen molar-refractivity contribution < 1.29 is 14.5 Å². The minimum absolute atomic E-state index is 0.0754. The first-order valence-corrected chi connectivity index (χ1v) is 5.35. The van der Waals surface area contributed by atoms with Gasteiger partial charge in [-0.3, -0.25) is 9.79 Å². The monoisotopic (exact) mass is 264 g/mol. The average Bonchev–Trinajstić information content (AvgIpc) is 2.38. The molecule has 8 nitrogen and oxygen atoms in total. The van der Waals surface area contributed by atoms with Gasteiger partial charge in [0.25, 0.3) is 0 Å². The largest absolute Gasteiger partial charge is 0.465 e. The van der Waals surface area contributed by atoms with E-state index in [0.717, 1.165) is 0 Å². The van der Waals surface area contributed by atoms with Crippen molar-refractivity contribution in [1.29, 1.82) is 0 Å². The Balaban J connectivity index is 2.74. The van der Waals surface area contributed by atoms with Gasteiger partial charge in [-0.05, 0) is 22.9 Å². The van der Waals surface area contributed by atoms with Gasteiger partial charge in [0.2, 0.25) is 5.82 Å². The van der Waals surface area contributed by atoms with Crippen LogP contribution < -0.4 is 5.32 Å². The number of nitro groups is 1. The van der Waals surface area contributed by atoms with Gasteiger partial charge >= 0.3 is 11.8 Å². The second-order valence-corrected chi connectivity index (χ2v) is 3.18. The average molecular weight is 264 g/mol. The zero-order chi connectivity index (χ0) is 14.3. The van der Waals surface area contributed by atoms with Crippen LogP contribution in [-0.2, 0) is 9.53 Å². The molecular formula is C11H12N4O4. The van der Waals surface area contributed by atoms with Crippen LogP contribution in [0.3, 0.4) is 0 Å². The fourth-order valence-corrected chi connectivity index (χ4v) is 1.12. The highest BCUT2D eigenvalue weighted by Gasteiger charge is 2.14. The summed E-state index contributed by atoms with van der Waals surface area (Å²) < 4.78 is 4.67. The van der Waals surface area contributed by atoms with Gasteiger partial charge in [-0.1, -0.05) is 0 Å². The molecule has 1 heterocycles. The summed E-state index contributed by atoms with van der Waals surface area (Å²) in [5.41, 5.74) is 0. The number of aliphatic imine (C=N–C) groups is 1. The standard InChI is InChI=1S/C11H12N4O4/c1-3-19-11(16)7-9(12-2)13-8-5-4-6-10(14-8)15(17)18/h4-6H,3H2,1-2H3,(H,12,13,14). The van der Waals surface area contributed by atoms with E-state index in [1.165, 1.54) is 25.2 Å². The smallest absolute Gasteiger partial charge is 0.365 e. The minimum Gasteiger partial charge on any atom is -0.465 e. The Hall–Kier alpha value is -2.51. The number of amidine groups is 1. The Morgan fingerprint density at radius 2 is 2.37 bits per heavy atom. The van der Waals surface area contributed by atoms with Gasteiger partial charge in [0.1, 0.15) is 5.84 Å². The number of nitrogens with one attached hydrogen (secondary N) is 1. The molecule has 1 aromatic rings. The van der Waals surface area contributed by atoms with Gasteiger partial charge in [-0.25, -0.2) is 0 Å². The molecule has 8 heteroatoms. The van der Waals surface area contributed by atoms with E-state index in [4.69, 9.17) is 0 Å². The van der Waals surface area contributed by atoms with Gasteiger partial charge in [0.05, 0.1) is 6.61 Å². The number of hydrogen-bond donors (Lipinski definition) is 1. The quantitative estimate of drug-likeness (QED) is 0.280. The molecule has 1 rings (SSSR count). The number of esters is 1. The second-order valence-electron chi connectivity index (χ2n) is 3.18. The number of anilines is 1. The van der Waals surface area contributed by atoms with E-state index < -0.39 is 10.9 Å². The molecule has 0 aliphatic carbocycles. The number of rotatable bonds is 5. The van der Waals surface area contributed by atoms with Crippen LogP contribution in [0.2, 0.25) is 0 Å². The van der Waals surface area contributed by atoms with Crippen molar-refractivity contribution in [2.75, 3.05) is 19.0 Å². The molecule has 19 heavy (non-hydrogen) atoms. The van der Waals surface area contributed by atoms with E-state index in [1.54, 1.807) is 6.92 Å². The molecule has 1 aromatic heterocycles. The van der Waals surface area contributed by atoms with Gasteiger partial charge in [0, 0.05) is 19.2 Å². The Kier molecular flexibility index (Phi) is 5.39. The van der Waals surface area contributed by atoms with Gasteiger partial charge in [-0.15, -0.1) is 0 Å². The van der Waals surface area contributed by atoms with Crippen LogP contribution in [0.25, 0.3) is 0 Å². The lowest BCUT2D eigenvalue weighted by Gasteiger charge is -2.04. The van der Waals surface area contributed by atoms with Crippen molar-refractivity contribution in [1.82, 2.24) is 4.98 Å². The van der Waals surface area contributed by atoms with E-state index in [9.17, 15) is 14.9 Å². The lowest BCUT2D eigenvalue weighted by Crippen LogP contribution is -2.20. The van der Waals surface area contributed by atoms with E-state index in [1.807, 2.05) is 0 Å². The third-order valence-electron chi connectivity index (χ3n) is 1.89. The van der Waals surface area contributed by atoms with Crippen molar-refractivity contribution >= 4 is 23.4 Å². The maximum absolute atomic E-state index is 11.2. The predicted octanol–water partition coefficient (Wildman–Crippen LogP) is 1.07. The lowest BCUT2D eigenvalue weighted by molar-refractivity contribution is -0.389. The molecule has 0 fully saturated rings. The lowest BCUT2D eigenvalue weighted by atomic mass is 10.3. The first-order chi connectivity index (χ1) is 9.06.